The van der Waals surface area contributed by atoms with Crippen LogP contribution in [0.25, 0.3) is 10.9 Å². The summed E-state index contributed by atoms with van der Waals surface area (Å²) in [6, 6.07) is 8.21. The second kappa shape index (κ2) is 6.16. The van der Waals surface area contributed by atoms with Crippen molar-refractivity contribution in [3.63, 3.8) is 0 Å². The number of piperazine rings is 1. The van der Waals surface area contributed by atoms with Crippen molar-refractivity contribution in [1.82, 2.24) is 15.2 Å². The van der Waals surface area contributed by atoms with Crippen LogP contribution in [-0.2, 0) is 0 Å². The molecule has 1 aromatic heterocycles. The highest BCUT2D eigenvalue weighted by atomic mass is 79.9. The fraction of sp³-hybridized carbons (Fsp3) is 0.357. The highest BCUT2D eigenvalue weighted by molar-refractivity contribution is 9.10. The maximum atomic E-state index is 12.5. The number of aromatic amines is 1. The molecule has 0 bridgehead atoms. The monoisotopic (exact) mass is 357 g/mol. The van der Waals surface area contributed by atoms with Gasteiger partial charge in [0.25, 0.3) is 5.91 Å². The van der Waals surface area contributed by atoms with Crippen LogP contribution in [0.5, 0.6) is 0 Å². The van der Waals surface area contributed by atoms with E-state index in [9.17, 15) is 4.79 Å². The minimum absolute atomic E-state index is 0. The SMILES string of the molecule is C[C@@H]1CN(C(=O)c2cc3c(Br)cccc3[nH]2)CCN1.Cl. The number of hydrogen-bond acceptors (Lipinski definition) is 2. The van der Waals surface area contributed by atoms with E-state index < -0.39 is 0 Å². The summed E-state index contributed by atoms with van der Waals surface area (Å²) in [5.41, 5.74) is 1.65. The van der Waals surface area contributed by atoms with Crippen LogP contribution in [0, 0.1) is 0 Å². The standard InChI is InChI=1S/C14H16BrN3O.ClH/c1-9-8-18(6-5-16-9)14(19)13-7-10-11(15)3-2-4-12(10)17-13;/h2-4,7,9,16-17H,5-6,8H2,1H3;1H/t9-;/m1./s1. The molecule has 1 aromatic carbocycles. The first-order chi connectivity index (χ1) is 9.15. The van der Waals surface area contributed by atoms with Crippen molar-refractivity contribution in [2.24, 2.45) is 0 Å². The van der Waals surface area contributed by atoms with Crippen LogP contribution in [0.15, 0.2) is 28.7 Å². The Bertz CT molecular complexity index is 628. The Morgan fingerprint density at radius 1 is 1.45 bits per heavy atom. The molecule has 20 heavy (non-hydrogen) atoms. The molecular formula is C14H17BrClN3O. The summed E-state index contributed by atoms with van der Waals surface area (Å²) in [6.07, 6.45) is 0. The van der Waals surface area contributed by atoms with Crippen LogP contribution in [-0.4, -0.2) is 41.5 Å². The van der Waals surface area contributed by atoms with Gasteiger partial charge < -0.3 is 15.2 Å². The number of nitrogens with one attached hydrogen (secondary N) is 2. The van der Waals surface area contributed by atoms with Gasteiger partial charge in [-0.15, -0.1) is 12.4 Å². The molecule has 0 saturated carbocycles. The molecule has 2 heterocycles. The van der Waals surface area contributed by atoms with Crippen molar-refractivity contribution < 1.29 is 4.79 Å². The van der Waals surface area contributed by atoms with Crippen molar-refractivity contribution in [1.29, 1.82) is 0 Å². The number of aromatic nitrogens is 1. The zero-order chi connectivity index (χ0) is 13.4. The molecule has 0 unspecified atom stereocenters. The lowest BCUT2D eigenvalue weighted by molar-refractivity contribution is 0.0704. The van der Waals surface area contributed by atoms with E-state index in [2.05, 4.69) is 33.2 Å². The van der Waals surface area contributed by atoms with Gasteiger partial charge in [-0.1, -0.05) is 22.0 Å². The molecule has 2 aromatic rings. The van der Waals surface area contributed by atoms with Gasteiger partial charge in [-0.25, -0.2) is 0 Å². The van der Waals surface area contributed by atoms with Gasteiger partial charge >= 0.3 is 0 Å². The van der Waals surface area contributed by atoms with E-state index in [1.807, 2.05) is 29.2 Å². The van der Waals surface area contributed by atoms with Crippen molar-refractivity contribution in [3.05, 3.63) is 34.4 Å². The third kappa shape index (κ3) is 2.85. The van der Waals surface area contributed by atoms with Gasteiger partial charge in [-0.2, -0.15) is 0 Å². The van der Waals surface area contributed by atoms with E-state index in [0.717, 1.165) is 35.0 Å². The molecule has 0 radical (unpaired) electrons. The minimum Gasteiger partial charge on any atom is -0.350 e. The lowest BCUT2D eigenvalue weighted by Crippen LogP contribution is -2.51. The molecule has 1 aliphatic rings. The zero-order valence-electron chi connectivity index (χ0n) is 11.1. The number of nitrogens with zero attached hydrogens (tertiary/aromatic N) is 1. The second-order valence-electron chi connectivity index (χ2n) is 4.99. The summed E-state index contributed by atoms with van der Waals surface area (Å²) in [6.45, 7) is 4.48. The van der Waals surface area contributed by atoms with Gasteiger partial charge in [0, 0.05) is 41.1 Å². The minimum atomic E-state index is 0. The number of hydrogen-bond donors (Lipinski definition) is 2. The Morgan fingerprint density at radius 2 is 2.25 bits per heavy atom. The van der Waals surface area contributed by atoms with Crippen LogP contribution in [0.4, 0.5) is 0 Å². The van der Waals surface area contributed by atoms with Crippen molar-refractivity contribution in [3.8, 4) is 0 Å². The number of benzene rings is 1. The number of carbonyl (C=O) groups excluding carboxylic acids is 1. The number of fused-ring (bicyclic) bond motifs is 1. The normalized spacial score (nSPS) is 18.9. The molecule has 6 heteroatoms. The molecular weight excluding hydrogens is 342 g/mol. The molecule has 1 fully saturated rings. The van der Waals surface area contributed by atoms with Gasteiger partial charge in [0.15, 0.2) is 0 Å². The molecule has 4 nitrogen and oxygen atoms in total. The Balaban J connectivity index is 0.00000147. The number of rotatable bonds is 1. The first-order valence-corrected chi connectivity index (χ1v) is 7.24. The van der Waals surface area contributed by atoms with E-state index in [-0.39, 0.29) is 18.3 Å². The Kier molecular flexibility index (Phi) is 4.73. The average Bonchev–Trinajstić information content (AvgIpc) is 2.83. The summed E-state index contributed by atoms with van der Waals surface area (Å²) in [5.74, 6) is 0.0800. The van der Waals surface area contributed by atoms with E-state index in [1.54, 1.807) is 0 Å². The number of carbonyl (C=O) groups is 1. The van der Waals surface area contributed by atoms with Crippen molar-refractivity contribution in [2.45, 2.75) is 13.0 Å². The van der Waals surface area contributed by atoms with Gasteiger partial charge in [-0.05, 0) is 25.1 Å². The predicted molar refractivity (Wildman–Crippen MR) is 86.6 cm³/mol. The molecule has 2 N–H and O–H groups in total. The molecule has 0 aliphatic carbocycles. The van der Waals surface area contributed by atoms with E-state index >= 15 is 0 Å². The number of halogens is 2. The first kappa shape index (κ1) is 15.4. The van der Waals surface area contributed by atoms with E-state index in [1.165, 1.54) is 0 Å². The summed E-state index contributed by atoms with van der Waals surface area (Å²) in [5, 5.41) is 4.39. The Hall–Kier alpha value is -1.04. The lowest BCUT2D eigenvalue weighted by atomic mass is 10.2. The molecule has 0 spiro atoms. The third-order valence-electron chi connectivity index (χ3n) is 3.50. The van der Waals surface area contributed by atoms with Gasteiger partial charge in [0.1, 0.15) is 5.69 Å². The average molecular weight is 359 g/mol. The zero-order valence-corrected chi connectivity index (χ0v) is 13.6. The highest BCUT2D eigenvalue weighted by Gasteiger charge is 2.22. The fourth-order valence-electron chi connectivity index (χ4n) is 2.52. The maximum Gasteiger partial charge on any atom is 0.270 e. The molecule has 1 aliphatic heterocycles. The van der Waals surface area contributed by atoms with E-state index in [4.69, 9.17) is 0 Å². The van der Waals surface area contributed by atoms with Crippen LogP contribution in [0.3, 0.4) is 0 Å². The molecule has 1 saturated heterocycles. The number of amides is 1. The number of H-pyrrole nitrogens is 1. The first-order valence-electron chi connectivity index (χ1n) is 6.45. The van der Waals surface area contributed by atoms with Crippen LogP contribution in [0.1, 0.15) is 17.4 Å². The van der Waals surface area contributed by atoms with Gasteiger partial charge in [-0.3, -0.25) is 4.79 Å². The molecule has 3 rings (SSSR count). The quantitative estimate of drug-likeness (QED) is 0.823. The predicted octanol–water partition coefficient (Wildman–Crippen LogP) is 2.79. The third-order valence-corrected chi connectivity index (χ3v) is 4.19. The summed E-state index contributed by atoms with van der Waals surface area (Å²) < 4.78 is 1.01. The molecule has 1 amide bonds. The topological polar surface area (TPSA) is 48.1 Å². The van der Waals surface area contributed by atoms with E-state index in [0.29, 0.717) is 11.7 Å². The largest absolute Gasteiger partial charge is 0.350 e. The summed E-state index contributed by atoms with van der Waals surface area (Å²) >= 11 is 3.51. The smallest absolute Gasteiger partial charge is 0.270 e. The van der Waals surface area contributed by atoms with Crippen LogP contribution >= 0.6 is 28.3 Å². The highest BCUT2D eigenvalue weighted by Crippen LogP contribution is 2.25. The molecule has 108 valence electrons. The molecule has 1 atom stereocenters. The summed E-state index contributed by atoms with van der Waals surface area (Å²) in [7, 11) is 0. The summed E-state index contributed by atoms with van der Waals surface area (Å²) in [4.78, 5) is 17.6. The lowest BCUT2D eigenvalue weighted by Gasteiger charge is -2.31. The van der Waals surface area contributed by atoms with Crippen molar-refractivity contribution >= 4 is 45.1 Å². The van der Waals surface area contributed by atoms with Gasteiger partial charge in [0.2, 0.25) is 0 Å². The van der Waals surface area contributed by atoms with Gasteiger partial charge in [0.05, 0.1) is 0 Å². The van der Waals surface area contributed by atoms with Crippen molar-refractivity contribution in [2.75, 3.05) is 19.6 Å². The Morgan fingerprint density at radius 3 is 2.95 bits per heavy atom. The van der Waals surface area contributed by atoms with Crippen LogP contribution < -0.4 is 5.32 Å². The maximum absolute atomic E-state index is 12.5. The Labute approximate surface area is 132 Å². The second-order valence-corrected chi connectivity index (χ2v) is 5.84. The fourth-order valence-corrected chi connectivity index (χ4v) is 3.00. The van der Waals surface area contributed by atoms with Crippen LogP contribution in [0.2, 0.25) is 0 Å².